The highest BCUT2D eigenvalue weighted by Gasteiger charge is 2.25. The molecule has 0 amide bonds. The van der Waals surface area contributed by atoms with Crippen molar-refractivity contribution in [2.24, 2.45) is 0 Å². The van der Waals surface area contributed by atoms with Gasteiger partial charge < -0.3 is 9.84 Å². The first-order valence-electron chi connectivity index (χ1n) is 5.44. The van der Waals surface area contributed by atoms with Crippen LogP contribution in [0.4, 0.5) is 0 Å². The fourth-order valence-corrected chi connectivity index (χ4v) is 1.68. The van der Waals surface area contributed by atoms with Crippen LogP contribution >= 0.6 is 0 Å². The first-order valence-corrected chi connectivity index (χ1v) is 5.44. The molecule has 1 aliphatic rings. The van der Waals surface area contributed by atoms with Gasteiger partial charge in [0.05, 0.1) is 5.92 Å². The quantitative estimate of drug-likeness (QED) is 0.829. The van der Waals surface area contributed by atoms with Gasteiger partial charge in [0.2, 0.25) is 11.7 Å². The van der Waals surface area contributed by atoms with Crippen molar-refractivity contribution >= 4 is 0 Å². The molecule has 0 saturated carbocycles. The van der Waals surface area contributed by atoms with Crippen LogP contribution in [0.15, 0.2) is 28.8 Å². The van der Waals surface area contributed by atoms with Crippen LogP contribution in [0.2, 0.25) is 0 Å². The van der Waals surface area contributed by atoms with Crippen molar-refractivity contribution in [2.45, 2.75) is 12.8 Å². The molecule has 0 aliphatic carbocycles. The summed E-state index contributed by atoms with van der Waals surface area (Å²) in [7, 11) is 0. The SMILES string of the molecule is Cc1ccc(-c2noc(C3CNC3)n2)cc1. The Balaban J connectivity index is 1.88. The maximum atomic E-state index is 5.25. The molecule has 3 rings (SSSR count). The summed E-state index contributed by atoms with van der Waals surface area (Å²) in [6, 6.07) is 8.14. The van der Waals surface area contributed by atoms with Gasteiger partial charge >= 0.3 is 0 Å². The average Bonchev–Trinajstić information content (AvgIpc) is 2.65. The topological polar surface area (TPSA) is 51.0 Å². The number of hydrogen-bond donors (Lipinski definition) is 1. The summed E-state index contributed by atoms with van der Waals surface area (Å²) in [4.78, 5) is 4.41. The molecule has 4 nitrogen and oxygen atoms in total. The van der Waals surface area contributed by atoms with Crippen molar-refractivity contribution in [1.29, 1.82) is 0 Å². The Hall–Kier alpha value is -1.68. The smallest absolute Gasteiger partial charge is 0.232 e. The summed E-state index contributed by atoms with van der Waals surface area (Å²) in [6.45, 7) is 3.94. The summed E-state index contributed by atoms with van der Waals surface area (Å²) in [5.74, 6) is 1.82. The molecule has 2 aromatic rings. The number of nitrogens with zero attached hydrogens (tertiary/aromatic N) is 2. The van der Waals surface area contributed by atoms with Gasteiger partial charge in [-0.15, -0.1) is 0 Å². The molecule has 4 heteroatoms. The van der Waals surface area contributed by atoms with Crippen LogP contribution in [-0.4, -0.2) is 23.2 Å². The summed E-state index contributed by atoms with van der Waals surface area (Å²) < 4.78 is 5.25. The summed E-state index contributed by atoms with van der Waals surface area (Å²) in [5.41, 5.74) is 2.24. The minimum absolute atomic E-state index is 0.395. The Morgan fingerprint density at radius 3 is 2.62 bits per heavy atom. The van der Waals surface area contributed by atoms with E-state index < -0.39 is 0 Å². The molecule has 1 saturated heterocycles. The lowest BCUT2D eigenvalue weighted by Crippen LogP contribution is -2.40. The molecule has 0 radical (unpaired) electrons. The zero-order chi connectivity index (χ0) is 11.0. The molecule has 0 spiro atoms. The molecule has 0 unspecified atom stereocenters. The fourth-order valence-electron chi connectivity index (χ4n) is 1.68. The summed E-state index contributed by atoms with van der Waals surface area (Å²) in [6.07, 6.45) is 0. The van der Waals surface area contributed by atoms with E-state index in [1.54, 1.807) is 0 Å². The van der Waals surface area contributed by atoms with Crippen molar-refractivity contribution in [3.8, 4) is 11.4 Å². The highest BCUT2D eigenvalue weighted by Crippen LogP contribution is 2.22. The van der Waals surface area contributed by atoms with Gasteiger partial charge in [-0.25, -0.2) is 0 Å². The highest BCUT2D eigenvalue weighted by molar-refractivity contribution is 5.54. The van der Waals surface area contributed by atoms with Gasteiger partial charge in [-0.1, -0.05) is 35.0 Å². The number of rotatable bonds is 2. The maximum Gasteiger partial charge on any atom is 0.232 e. The van der Waals surface area contributed by atoms with Crippen LogP contribution in [0.25, 0.3) is 11.4 Å². The minimum atomic E-state index is 0.395. The van der Waals surface area contributed by atoms with Crippen molar-refractivity contribution < 1.29 is 4.52 Å². The lowest BCUT2D eigenvalue weighted by Gasteiger charge is -2.22. The first kappa shape index (κ1) is 9.54. The lowest BCUT2D eigenvalue weighted by atomic mass is 10.0. The molecule has 1 aromatic carbocycles. The normalized spacial score (nSPS) is 16.1. The second-order valence-corrected chi connectivity index (χ2v) is 4.18. The number of aromatic nitrogens is 2. The average molecular weight is 215 g/mol. The monoisotopic (exact) mass is 215 g/mol. The Labute approximate surface area is 93.7 Å². The third-order valence-electron chi connectivity index (χ3n) is 2.88. The Bertz CT molecular complexity index is 485. The molecule has 2 heterocycles. The molecule has 1 aliphatic heterocycles. The van der Waals surface area contributed by atoms with Crippen molar-refractivity contribution in [3.63, 3.8) is 0 Å². The Morgan fingerprint density at radius 2 is 2.00 bits per heavy atom. The largest absolute Gasteiger partial charge is 0.339 e. The first-order chi connectivity index (χ1) is 7.83. The zero-order valence-electron chi connectivity index (χ0n) is 9.10. The van der Waals surface area contributed by atoms with Crippen molar-refractivity contribution in [3.05, 3.63) is 35.7 Å². The van der Waals surface area contributed by atoms with Crippen LogP contribution in [0, 0.1) is 6.92 Å². The predicted octanol–water partition coefficient (Wildman–Crippen LogP) is 1.73. The molecular weight excluding hydrogens is 202 g/mol. The van der Waals surface area contributed by atoms with E-state index in [2.05, 4.69) is 34.5 Å². The fraction of sp³-hybridized carbons (Fsp3) is 0.333. The predicted molar refractivity (Wildman–Crippen MR) is 60.1 cm³/mol. The van der Waals surface area contributed by atoms with E-state index in [0.717, 1.165) is 24.5 Å². The number of benzene rings is 1. The van der Waals surface area contributed by atoms with Crippen LogP contribution < -0.4 is 5.32 Å². The second kappa shape index (κ2) is 3.72. The standard InChI is InChI=1S/C12H13N3O/c1-8-2-4-9(5-3-8)11-14-12(16-15-11)10-6-13-7-10/h2-5,10,13H,6-7H2,1H3. The summed E-state index contributed by atoms with van der Waals surface area (Å²) in [5, 5.41) is 7.19. The molecule has 0 bridgehead atoms. The molecule has 1 fully saturated rings. The van der Waals surface area contributed by atoms with E-state index in [1.807, 2.05) is 12.1 Å². The third-order valence-corrected chi connectivity index (χ3v) is 2.88. The third kappa shape index (κ3) is 1.61. The van der Waals surface area contributed by atoms with Gasteiger partial charge in [0.15, 0.2) is 0 Å². The molecule has 1 N–H and O–H groups in total. The van der Waals surface area contributed by atoms with Crippen molar-refractivity contribution in [1.82, 2.24) is 15.5 Å². The molecule has 1 aromatic heterocycles. The molecule has 0 atom stereocenters. The lowest BCUT2D eigenvalue weighted by molar-refractivity contribution is 0.308. The van der Waals surface area contributed by atoms with E-state index >= 15 is 0 Å². The van der Waals surface area contributed by atoms with Gasteiger partial charge in [-0.3, -0.25) is 0 Å². The van der Waals surface area contributed by atoms with Crippen LogP contribution in [0.5, 0.6) is 0 Å². The van der Waals surface area contributed by atoms with Crippen molar-refractivity contribution in [2.75, 3.05) is 13.1 Å². The van der Waals surface area contributed by atoms with E-state index in [0.29, 0.717) is 11.7 Å². The van der Waals surface area contributed by atoms with E-state index in [4.69, 9.17) is 4.52 Å². The van der Waals surface area contributed by atoms with Gasteiger partial charge in [0, 0.05) is 18.7 Å². The van der Waals surface area contributed by atoms with Crippen LogP contribution in [0.1, 0.15) is 17.4 Å². The minimum Gasteiger partial charge on any atom is -0.339 e. The van der Waals surface area contributed by atoms with E-state index in [-0.39, 0.29) is 0 Å². The second-order valence-electron chi connectivity index (χ2n) is 4.18. The zero-order valence-corrected chi connectivity index (χ0v) is 9.10. The molecule has 16 heavy (non-hydrogen) atoms. The van der Waals surface area contributed by atoms with Gasteiger partial charge in [-0.2, -0.15) is 4.98 Å². The Morgan fingerprint density at radius 1 is 1.25 bits per heavy atom. The molecule has 82 valence electrons. The van der Waals surface area contributed by atoms with E-state index in [1.165, 1.54) is 5.56 Å². The van der Waals surface area contributed by atoms with E-state index in [9.17, 15) is 0 Å². The number of nitrogens with one attached hydrogen (secondary N) is 1. The highest BCUT2D eigenvalue weighted by atomic mass is 16.5. The Kier molecular flexibility index (Phi) is 2.22. The molecular formula is C12H13N3O. The van der Waals surface area contributed by atoms with Gasteiger partial charge in [0.1, 0.15) is 0 Å². The summed E-state index contributed by atoms with van der Waals surface area (Å²) >= 11 is 0. The maximum absolute atomic E-state index is 5.25. The van der Waals surface area contributed by atoms with Gasteiger partial charge in [0.25, 0.3) is 0 Å². The van der Waals surface area contributed by atoms with Crippen LogP contribution in [-0.2, 0) is 0 Å². The number of hydrogen-bond acceptors (Lipinski definition) is 4. The van der Waals surface area contributed by atoms with Crippen LogP contribution in [0.3, 0.4) is 0 Å². The number of aryl methyl sites for hydroxylation is 1. The van der Waals surface area contributed by atoms with Gasteiger partial charge in [-0.05, 0) is 6.92 Å².